The molecule has 5 aromatic rings. The molecule has 0 saturated carbocycles. The van der Waals surface area contributed by atoms with E-state index in [1.165, 1.54) is 11.1 Å². The van der Waals surface area contributed by atoms with Gasteiger partial charge in [0.05, 0.1) is 16.8 Å². The molecule has 35 heavy (non-hydrogen) atoms. The first-order valence-corrected chi connectivity index (χ1v) is 11.9. The summed E-state index contributed by atoms with van der Waals surface area (Å²) in [6.07, 6.45) is 7.08. The summed E-state index contributed by atoms with van der Waals surface area (Å²) < 4.78 is 10.3. The standard InChI is InChI=1S/C27H24N6O2/c1-14(2)33-21-8-5-15(35-27-28-9-4-10-29-27)11-17(21)23-18-12-30-26(34)24(18)22-16(25(23)33)6-7-20-19(22)13-32(3)31-20/h4-5,8-11,13-14H,6-7,12H2,1-3H3,(H,30,34). The minimum absolute atomic E-state index is 0.00890. The Balaban J connectivity index is 1.59. The Morgan fingerprint density at radius 2 is 1.91 bits per heavy atom. The molecule has 2 aliphatic rings. The highest BCUT2D eigenvalue weighted by Crippen LogP contribution is 2.48. The van der Waals surface area contributed by atoms with Gasteiger partial charge in [0.25, 0.3) is 5.91 Å². The molecule has 0 unspecified atom stereocenters. The maximum atomic E-state index is 13.2. The Kier molecular flexibility index (Phi) is 4.13. The average Bonchev–Trinajstić information content (AvgIpc) is 3.51. The number of rotatable bonds is 3. The van der Waals surface area contributed by atoms with Crippen LogP contribution in [0.25, 0.3) is 32.9 Å². The fraction of sp³-hybridized carbons (Fsp3) is 0.259. The fourth-order valence-electron chi connectivity index (χ4n) is 5.88. The Labute approximate surface area is 201 Å². The summed E-state index contributed by atoms with van der Waals surface area (Å²) in [6.45, 7) is 4.93. The first kappa shape index (κ1) is 20.2. The maximum Gasteiger partial charge on any atom is 0.321 e. The van der Waals surface area contributed by atoms with Crippen LogP contribution in [0.4, 0.5) is 0 Å². The zero-order chi connectivity index (χ0) is 23.8. The summed E-state index contributed by atoms with van der Waals surface area (Å²) in [5.41, 5.74) is 8.61. The zero-order valence-electron chi connectivity index (χ0n) is 19.8. The quantitative estimate of drug-likeness (QED) is 0.418. The number of amides is 1. The van der Waals surface area contributed by atoms with Crippen molar-refractivity contribution in [2.45, 2.75) is 39.3 Å². The van der Waals surface area contributed by atoms with E-state index < -0.39 is 0 Å². The van der Waals surface area contributed by atoms with Crippen molar-refractivity contribution in [2.24, 2.45) is 7.05 Å². The molecule has 3 aromatic heterocycles. The zero-order valence-corrected chi connectivity index (χ0v) is 19.8. The first-order chi connectivity index (χ1) is 17.0. The number of carbonyl (C=O) groups excluding carboxylic acids is 1. The smallest absolute Gasteiger partial charge is 0.321 e. The van der Waals surface area contributed by atoms with Crippen LogP contribution in [0, 0.1) is 0 Å². The van der Waals surface area contributed by atoms with E-state index in [0.29, 0.717) is 18.3 Å². The van der Waals surface area contributed by atoms with Gasteiger partial charge in [0.1, 0.15) is 5.75 Å². The molecule has 174 valence electrons. The third kappa shape index (κ3) is 2.79. The average molecular weight is 465 g/mol. The second-order valence-electron chi connectivity index (χ2n) is 9.55. The number of ether oxygens (including phenoxy) is 1. The van der Waals surface area contributed by atoms with Gasteiger partial charge < -0.3 is 14.6 Å². The van der Waals surface area contributed by atoms with Crippen LogP contribution in [0.5, 0.6) is 11.8 Å². The number of hydrogen-bond donors (Lipinski definition) is 1. The number of nitrogens with one attached hydrogen (secondary N) is 1. The van der Waals surface area contributed by atoms with Crippen molar-refractivity contribution in [3.05, 3.63) is 65.2 Å². The Morgan fingerprint density at radius 1 is 1.09 bits per heavy atom. The van der Waals surface area contributed by atoms with E-state index in [2.05, 4.69) is 57.1 Å². The number of hydrogen-bond acceptors (Lipinski definition) is 5. The summed E-state index contributed by atoms with van der Waals surface area (Å²) >= 11 is 0. The van der Waals surface area contributed by atoms with Gasteiger partial charge >= 0.3 is 6.01 Å². The lowest BCUT2D eigenvalue weighted by Crippen LogP contribution is -2.15. The Bertz CT molecular complexity index is 1680. The molecule has 2 aromatic carbocycles. The third-order valence-electron chi connectivity index (χ3n) is 7.12. The lowest BCUT2D eigenvalue weighted by Gasteiger charge is -2.22. The maximum absolute atomic E-state index is 13.2. The largest absolute Gasteiger partial charge is 0.424 e. The van der Waals surface area contributed by atoms with Crippen molar-refractivity contribution in [1.82, 2.24) is 29.6 Å². The molecule has 0 bridgehead atoms. The Hall–Kier alpha value is -4.20. The van der Waals surface area contributed by atoms with Crippen LogP contribution in [0.2, 0.25) is 0 Å². The number of aryl methyl sites for hydroxylation is 3. The van der Waals surface area contributed by atoms with Gasteiger partial charge in [-0.3, -0.25) is 9.48 Å². The van der Waals surface area contributed by atoms with Crippen LogP contribution in [0.1, 0.15) is 47.1 Å². The minimum Gasteiger partial charge on any atom is -0.424 e. The molecule has 0 fully saturated rings. The normalized spacial score (nSPS) is 14.3. The second-order valence-corrected chi connectivity index (χ2v) is 9.55. The molecule has 7 rings (SSSR count). The molecule has 1 aliphatic heterocycles. The van der Waals surface area contributed by atoms with Gasteiger partial charge in [-0.05, 0) is 62.1 Å². The van der Waals surface area contributed by atoms with E-state index in [4.69, 9.17) is 4.74 Å². The highest BCUT2D eigenvalue weighted by atomic mass is 16.5. The van der Waals surface area contributed by atoms with Gasteiger partial charge in [0, 0.05) is 65.6 Å². The van der Waals surface area contributed by atoms with Crippen molar-refractivity contribution in [1.29, 1.82) is 0 Å². The van der Waals surface area contributed by atoms with E-state index in [-0.39, 0.29) is 11.9 Å². The number of aromatic nitrogens is 5. The number of benzene rings is 2. The molecule has 0 spiro atoms. The SMILES string of the molecule is CC(C)n1c2ccc(Oc3ncccn3)cc2c2c3c(c4c(c21)CCc1nn(C)cc1-4)C(=O)NC3. The van der Waals surface area contributed by atoms with Gasteiger partial charge in [0.15, 0.2) is 0 Å². The molecular formula is C27H24N6O2. The summed E-state index contributed by atoms with van der Waals surface area (Å²) in [5, 5.41) is 9.99. The van der Waals surface area contributed by atoms with E-state index in [9.17, 15) is 4.79 Å². The molecule has 8 nitrogen and oxygen atoms in total. The van der Waals surface area contributed by atoms with Crippen molar-refractivity contribution >= 4 is 27.7 Å². The van der Waals surface area contributed by atoms with Crippen LogP contribution in [0.15, 0.2) is 42.9 Å². The lowest BCUT2D eigenvalue weighted by atomic mass is 9.82. The van der Waals surface area contributed by atoms with Crippen LogP contribution in [-0.2, 0) is 26.4 Å². The van der Waals surface area contributed by atoms with Crippen LogP contribution >= 0.6 is 0 Å². The van der Waals surface area contributed by atoms with Gasteiger partial charge in [0.2, 0.25) is 0 Å². The molecule has 8 heteroatoms. The van der Waals surface area contributed by atoms with Crippen LogP contribution in [0.3, 0.4) is 0 Å². The van der Waals surface area contributed by atoms with Crippen LogP contribution in [-0.4, -0.2) is 30.2 Å². The first-order valence-electron chi connectivity index (χ1n) is 11.9. The monoisotopic (exact) mass is 464 g/mol. The number of fused-ring (bicyclic) bond motifs is 10. The molecular weight excluding hydrogens is 440 g/mol. The summed E-state index contributed by atoms with van der Waals surface area (Å²) in [4.78, 5) is 21.6. The molecule has 0 radical (unpaired) electrons. The van der Waals surface area contributed by atoms with E-state index in [1.54, 1.807) is 18.5 Å². The molecule has 0 atom stereocenters. The third-order valence-corrected chi connectivity index (χ3v) is 7.12. The van der Waals surface area contributed by atoms with Gasteiger partial charge in [-0.15, -0.1) is 0 Å². The van der Waals surface area contributed by atoms with Gasteiger partial charge in [-0.25, -0.2) is 9.97 Å². The van der Waals surface area contributed by atoms with E-state index in [0.717, 1.165) is 57.1 Å². The molecule has 0 saturated heterocycles. The predicted molar refractivity (Wildman–Crippen MR) is 133 cm³/mol. The van der Waals surface area contributed by atoms with E-state index >= 15 is 0 Å². The van der Waals surface area contributed by atoms with Crippen molar-refractivity contribution in [2.75, 3.05) is 0 Å². The van der Waals surface area contributed by atoms with E-state index in [1.807, 2.05) is 17.8 Å². The molecule has 1 aliphatic carbocycles. The van der Waals surface area contributed by atoms with Crippen molar-refractivity contribution < 1.29 is 9.53 Å². The number of nitrogens with zero attached hydrogens (tertiary/aromatic N) is 5. The predicted octanol–water partition coefficient (Wildman–Crippen LogP) is 4.70. The second kappa shape index (κ2) is 7.15. The Morgan fingerprint density at radius 3 is 2.71 bits per heavy atom. The van der Waals surface area contributed by atoms with Gasteiger partial charge in [-0.2, -0.15) is 5.10 Å². The number of carbonyl (C=O) groups is 1. The highest BCUT2D eigenvalue weighted by molar-refractivity contribution is 6.19. The van der Waals surface area contributed by atoms with Crippen molar-refractivity contribution in [3.8, 4) is 22.9 Å². The fourth-order valence-corrected chi connectivity index (χ4v) is 5.88. The highest BCUT2D eigenvalue weighted by Gasteiger charge is 2.35. The molecule has 4 heterocycles. The van der Waals surface area contributed by atoms with Crippen LogP contribution < -0.4 is 10.1 Å². The summed E-state index contributed by atoms with van der Waals surface area (Å²) in [7, 11) is 1.94. The molecule has 1 amide bonds. The lowest BCUT2D eigenvalue weighted by molar-refractivity contribution is 0.0966. The van der Waals surface area contributed by atoms with Crippen molar-refractivity contribution in [3.63, 3.8) is 0 Å². The molecule has 1 N–H and O–H groups in total. The van der Waals surface area contributed by atoms with Gasteiger partial charge in [-0.1, -0.05) is 0 Å². The summed E-state index contributed by atoms with van der Waals surface area (Å²) in [6, 6.07) is 8.43. The minimum atomic E-state index is -0.00890. The summed E-state index contributed by atoms with van der Waals surface area (Å²) in [5.74, 6) is 0.662. The topological polar surface area (TPSA) is 86.9 Å².